The molecule has 0 atom stereocenters. The SMILES string of the molecule is CC(=O)N(Cc1csc(COc2cccc(C)c2C)n1)CC(C)C. The highest BCUT2D eigenvalue weighted by molar-refractivity contribution is 7.09. The van der Waals surface area contributed by atoms with Crippen molar-refractivity contribution in [3.63, 3.8) is 0 Å². The van der Waals surface area contributed by atoms with Gasteiger partial charge in [-0.3, -0.25) is 4.79 Å². The largest absolute Gasteiger partial charge is 0.486 e. The van der Waals surface area contributed by atoms with E-state index in [1.54, 1.807) is 18.3 Å². The van der Waals surface area contributed by atoms with Gasteiger partial charge in [-0.05, 0) is 37.0 Å². The van der Waals surface area contributed by atoms with Gasteiger partial charge in [-0.2, -0.15) is 0 Å². The summed E-state index contributed by atoms with van der Waals surface area (Å²) in [5, 5.41) is 2.94. The van der Waals surface area contributed by atoms with Crippen molar-refractivity contribution in [3.05, 3.63) is 45.4 Å². The summed E-state index contributed by atoms with van der Waals surface area (Å²) in [7, 11) is 0. The Hall–Kier alpha value is -1.88. The number of aromatic nitrogens is 1. The molecule has 0 aliphatic heterocycles. The molecule has 0 radical (unpaired) electrons. The highest BCUT2D eigenvalue weighted by atomic mass is 32.1. The van der Waals surface area contributed by atoms with E-state index in [1.807, 2.05) is 22.4 Å². The van der Waals surface area contributed by atoms with Crippen LogP contribution in [0.4, 0.5) is 0 Å². The average Bonchev–Trinajstić information content (AvgIpc) is 2.95. The van der Waals surface area contributed by atoms with Crippen molar-refractivity contribution in [2.45, 2.75) is 47.8 Å². The van der Waals surface area contributed by atoms with Crippen molar-refractivity contribution in [2.24, 2.45) is 5.92 Å². The van der Waals surface area contributed by atoms with Crippen molar-refractivity contribution in [1.29, 1.82) is 0 Å². The molecule has 0 aliphatic carbocycles. The maximum Gasteiger partial charge on any atom is 0.219 e. The van der Waals surface area contributed by atoms with Gasteiger partial charge in [0.15, 0.2) is 0 Å². The standard InChI is InChI=1S/C19H26N2O2S/c1-13(2)9-21(16(5)22)10-17-12-24-19(20-17)11-23-18-8-6-7-14(3)15(18)4/h6-8,12-13H,9-11H2,1-5H3. The van der Waals surface area contributed by atoms with E-state index in [0.29, 0.717) is 19.1 Å². The van der Waals surface area contributed by atoms with Gasteiger partial charge in [0.1, 0.15) is 17.4 Å². The summed E-state index contributed by atoms with van der Waals surface area (Å²) >= 11 is 1.58. The number of aryl methyl sites for hydroxylation is 1. The fourth-order valence-electron chi connectivity index (χ4n) is 2.45. The lowest BCUT2D eigenvalue weighted by molar-refractivity contribution is -0.130. The second-order valence-electron chi connectivity index (χ2n) is 6.51. The molecule has 1 amide bonds. The van der Waals surface area contributed by atoms with Gasteiger partial charge in [0.05, 0.1) is 12.2 Å². The number of amides is 1. The molecule has 1 heterocycles. The van der Waals surface area contributed by atoms with Crippen molar-refractivity contribution in [3.8, 4) is 5.75 Å². The average molecular weight is 346 g/mol. The van der Waals surface area contributed by atoms with E-state index in [2.05, 4.69) is 38.7 Å². The quantitative estimate of drug-likeness (QED) is 0.749. The van der Waals surface area contributed by atoms with Crippen LogP contribution in [0.3, 0.4) is 0 Å². The van der Waals surface area contributed by atoms with Crippen molar-refractivity contribution in [1.82, 2.24) is 9.88 Å². The number of nitrogens with zero attached hydrogens (tertiary/aromatic N) is 2. The fourth-order valence-corrected chi connectivity index (χ4v) is 3.14. The lowest BCUT2D eigenvalue weighted by atomic mass is 10.1. The van der Waals surface area contributed by atoms with E-state index in [9.17, 15) is 4.79 Å². The van der Waals surface area contributed by atoms with Crippen LogP contribution in [0.25, 0.3) is 0 Å². The zero-order chi connectivity index (χ0) is 17.7. The second kappa shape index (κ2) is 8.29. The van der Waals surface area contributed by atoms with Crippen molar-refractivity contribution >= 4 is 17.2 Å². The van der Waals surface area contributed by atoms with Crippen LogP contribution in [-0.4, -0.2) is 22.3 Å². The number of hydrogen-bond donors (Lipinski definition) is 0. The first-order valence-electron chi connectivity index (χ1n) is 8.24. The van der Waals surface area contributed by atoms with E-state index < -0.39 is 0 Å². The molecule has 0 bridgehead atoms. The van der Waals surface area contributed by atoms with Gasteiger partial charge in [-0.1, -0.05) is 26.0 Å². The minimum absolute atomic E-state index is 0.0879. The third kappa shape index (κ3) is 5.06. The predicted molar refractivity (Wildman–Crippen MR) is 98.3 cm³/mol. The summed E-state index contributed by atoms with van der Waals surface area (Å²) in [5.41, 5.74) is 3.31. The van der Waals surface area contributed by atoms with E-state index in [-0.39, 0.29) is 5.91 Å². The third-order valence-corrected chi connectivity index (χ3v) is 4.76. The van der Waals surface area contributed by atoms with Crippen LogP contribution < -0.4 is 4.74 Å². The lowest BCUT2D eigenvalue weighted by Crippen LogP contribution is -2.31. The number of rotatable bonds is 7. The molecule has 2 rings (SSSR count). The molecule has 0 saturated heterocycles. The number of thiazole rings is 1. The maximum atomic E-state index is 11.7. The first kappa shape index (κ1) is 18.5. The molecule has 1 aromatic heterocycles. The Labute approximate surface area is 148 Å². The summed E-state index contributed by atoms with van der Waals surface area (Å²) < 4.78 is 5.90. The summed E-state index contributed by atoms with van der Waals surface area (Å²) in [6.45, 7) is 11.7. The van der Waals surface area contributed by atoms with Crippen LogP contribution in [0.2, 0.25) is 0 Å². The Balaban J connectivity index is 1.97. The number of hydrogen-bond acceptors (Lipinski definition) is 4. The molecular formula is C19H26N2O2S. The summed E-state index contributed by atoms with van der Waals surface area (Å²) in [4.78, 5) is 18.2. The van der Waals surface area contributed by atoms with Gasteiger partial charge in [0.25, 0.3) is 0 Å². The molecule has 0 aliphatic rings. The van der Waals surface area contributed by atoms with Crippen molar-refractivity contribution in [2.75, 3.05) is 6.54 Å². The zero-order valence-corrected chi connectivity index (χ0v) is 15.9. The number of benzene rings is 1. The summed E-state index contributed by atoms with van der Waals surface area (Å²) in [6, 6.07) is 6.06. The first-order valence-corrected chi connectivity index (χ1v) is 9.12. The van der Waals surface area contributed by atoms with Gasteiger partial charge < -0.3 is 9.64 Å². The minimum Gasteiger partial charge on any atom is -0.486 e. The fraction of sp³-hybridized carbons (Fsp3) is 0.474. The van der Waals surface area contributed by atoms with Crippen LogP contribution >= 0.6 is 11.3 Å². The number of ether oxygens (including phenoxy) is 1. The molecule has 0 saturated carbocycles. The Morgan fingerprint density at radius 1 is 1.33 bits per heavy atom. The molecule has 0 N–H and O–H groups in total. The summed E-state index contributed by atoms with van der Waals surface area (Å²) in [5.74, 6) is 1.43. The lowest BCUT2D eigenvalue weighted by Gasteiger charge is -2.22. The molecular weight excluding hydrogens is 320 g/mol. The number of carbonyl (C=O) groups excluding carboxylic acids is 1. The van der Waals surface area contributed by atoms with Gasteiger partial charge in [0.2, 0.25) is 5.91 Å². The van der Waals surface area contributed by atoms with Gasteiger partial charge in [0, 0.05) is 18.8 Å². The Morgan fingerprint density at radius 2 is 2.08 bits per heavy atom. The van der Waals surface area contributed by atoms with Crippen LogP contribution in [0.5, 0.6) is 5.75 Å². The van der Waals surface area contributed by atoms with E-state index in [0.717, 1.165) is 28.6 Å². The third-order valence-electron chi connectivity index (χ3n) is 3.89. The smallest absolute Gasteiger partial charge is 0.219 e. The Morgan fingerprint density at radius 3 is 2.75 bits per heavy atom. The van der Waals surface area contributed by atoms with Gasteiger partial charge in [-0.15, -0.1) is 11.3 Å². The zero-order valence-electron chi connectivity index (χ0n) is 15.1. The monoisotopic (exact) mass is 346 g/mol. The van der Waals surface area contributed by atoms with Gasteiger partial charge in [-0.25, -0.2) is 4.98 Å². The van der Waals surface area contributed by atoms with Crippen LogP contribution in [-0.2, 0) is 17.9 Å². The highest BCUT2D eigenvalue weighted by Gasteiger charge is 2.13. The van der Waals surface area contributed by atoms with E-state index in [1.165, 1.54) is 5.56 Å². The Kier molecular flexibility index (Phi) is 6.37. The topological polar surface area (TPSA) is 42.4 Å². The first-order chi connectivity index (χ1) is 11.4. The van der Waals surface area contributed by atoms with Crippen LogP contribution in [0.1, 0.15) is 42.6 Å². The number of carbonyl (C=O) groups is 1. The van der Waals surface area contributed by atoms with Crippen LogP contribution in [0.15, 0.2) is 23.6 Å². The van der Waals surface area contributed by atoms with E-state index >= 15 is 0 Å². The van der Waals surface area contributed by atoms with Crippen molar-refractivity contribution < 1.29 is 9.53 Å². The van der Waals surface area contributed by atoms with Crippen LogP contribution in [0, 0.1) is 19.8 Å². The molecule has 4 nitrogen and oxygen atoms in total. The molecule has 0 fully saturated rings. The molecule has 24 heavy (non-hydrogen) atoms. The minimum atomic E-state index is 0.0879. The molecule has 1 aromatic carbocycles. The summed E-state index contributed by atoms with van der Waals surface area (Å²) in [6.07, 6.45) is 0. The van der Waals surface area contributed by atoms with Gasteiger partial charge >= 0.3 is 0 Å². The molecule has 0 unspecified atom stereocenters. The maximum absolute atomic E-state index is 11.7. The van der Waals surface area contributed by atoms with E-state index in [4.69, 9.17) is 4.74 Å². The molecule has 5 heteroatoms. The predicted octanol–water partition coefficient (Wildman–Crippen LogP) is 4.34. The highest BCUT2D eigenvalue weighted by Crippen LogP contribution is 2.22. The molecule has 130 valence electrons. The molecule has 0 spiro atoms. The Bertz CT molecular complexity index is 694. The second-order valence-corrected chi connectivity index (χ2v) is 7.46. The molecule has 2 aromatic rings. The normalized spacial score (nSPS) is 10.9.